The van der Waals surface area contributed by atoms with Crippen LogP contribution in [0.3, 0.4) is 0 Å². The van der Waals surface area contributed by atoms with Crippen LogP contribution < -0.4 is 21.1 Å². The van der Waals surface area contributed by atoms with Gasteiger partial charge in [-0.15, -0.1) is 0 Å². The molecule has 0 saturated carbocycles. The third-order valence-electron chi connectivity index (χ3n) is 4.72. The van der Waals surface area contributed by atoms with Crippen molar-refractivity contribution in [1.82, 2.24) is 16.2 Å². The van der Waals surface area contributed by atoms with Crippen LogP contribution in [-0.2, 0) is 4.79 Å². The van der Waals surface area contributed by atoms with Gasteiger partial charge in [-0.25, -0.2) is 0 Å². The van der Waals surface area contributed by atoms with E-state index in [0.29, 0.717) is 23.0 Å². The Kier molecular flexibility index (Phi) is 8.51. The average Bonchev–Trinajstić information content (AvgIpc) is 3.10. The molecular formula is C20H30N4O2S. The highest BCUT2D eigenvalue weighted by molar-refractivity contribution is 7.80. The van der Waals surface area contributed by atoms with Gasteiger partial charge in [0.1, 0.15) is 0 Å². The van der Waals surface area contributed by atoms with Crippen molar-refractivity contribution >= 4 is 34.8 Å². The number of benzene rings is 1. The molecule has 0 radical (unpaired) electrons. The standard InChI is InChI=1S/C20H30N4O2S/c1-3-4-5-7-15(2)14-21-20(27)23-22-19(26)16-9-11-17(12-10-16)24-13-6-8-18(24)25/h9-12,15H,3-8,13-14H2,1-2H3,(H,22,26)(H2,21,23,27)/t15-/m1/s1. The van der Waals surface area contributed by atoms with Crippen molar-refractivity contribution in [3.63, 3.8) is 0 Å². The molecule has 0 spiro atoms. The Bertz CT molecular complexity index is 648. The Balaban J connectivity index is 1.71. The van der Waals surface area contributed by atoms with Gasteiger partial charge in [-0.05, 0) is 55.2 Å². The highest BCUT2D eigenvalue weighted by Crippen LogP contribution is 2.21. The molecule has 27 heavy (non-hydrogen) atoms. The molecule has 1 aliphatic heterocycles. The van der Waals surface area contributed by atoms with Crippen LogP contribution in [0.4, 0.5) is 5.69 Å². The average molecular weight is 391 g/mol. The number of amides is 2. The second-order valence-electron chi connectivity index (χ2n) is 7.09. The molecule has 3 N–H and O–H groups in total. The number of rotatable bonds is 8. The van der Waals surface area contributed by atoms with Gasteiger partial charge in [-0.2, -0.15) is 0 Å². The number of unbranched alkanes of at least 4 members (excludes halogenated alkanes) is 2. The molecule has 6 nitrogen and oxygen atoms in total. The Morgan fingerprint density at radius 2 is 1.96 bits per heavy atom. The van der Waals surface area contributed by atoms with Crippen molar-refractivity contribution in [2.24, 2.45) is 5.92 Å². The summed E-state index contributed by atoms with van der Waals surface area (Å²) in [6, 6.07) is 7.02. The quantitative estimate of drug-likeness (QED) is 0.361. The maximum atomic E-state index is 12.2. The summed E-state index contributed by atoms with van der Waals surface area (Å²) in [7, 11) is 0. The molecule has 0 bridgehead atoms. The van der Waals surface area contributed by atoms with E-state index >= 15 is 0 Å². The molecule has 1 aromatic rings. The van der Waals surface area contributed by atoms with E-state index in [1.54, 1.807) is 29.2 Å². The van der Waals surface area contributed by atoms with Crippen LogP contribution in [0, 0.1) is 5.92 Å². The SMILES string of the molecule is CCCCC[C@@H](C)CNC(=S)NNC(=O)c1ccc(N2CCCC2=O)cc1. The van der Waals surface area contributed by atoms with Gasteiger partial charge in [0.25, 0.3) is 5.91 Å². The first-order chi connectivity index (χ1) is 13.0. The fourth-order valence-corrected chi connectivity index (χ4v) is 3.19. The number of hydrazine groups is 1. The lowest BCUT2D eigenvalue weighted by Crippen LogP contribution is -2.47. The fraction of sp³-hybridized carbons (Fsp3) is 0.550. The molecular weight excluding hydrogens is 360 g/mol. The number of hydrogen-bond acceptors (Lipinski definition) is 3. The molecule has 7 heteroatoms. The number of thiocarbonyl (C=S) groups is 1. The van der Waals surface area contributed by atoms with Crippen molar-refractivity contribution < 1.29 is 9.59 Å². The first kappa shape index (κ1) is 21.2. The lowest BCUT2D eigenvalue weighted by Gasteiger charge is -2.17. The highest BCUT2D eigenvalue weighted by atomic mass is 32.1. The van der Waals surface area contributed by atoms with E-state index in [1.165, 1.54) is 25.7 Å². The van der Waals surface area contributed by atoms with Crippen LogP contribution in [-0.4, -0.2) is 30.0 Å². The molecule has 2 rings (SSSR count). The van der Waals surface area contributed by atoms with E-state index < -0.39 is 0 Å². The fourth-order valence-electron chi connectivity index (χ4n) is 3.06. The number of hydrogen-bond donors (Lipinski definition) is 3. The zero-order valence-electron chi connectivity index (χ0n) is 16.2. The second-order valence-corrected chi connectivity index (χ2v) is 7.49. The molecule has 1 aliphatic rings. The normalized spacial score (nSPS) is 14.7. The first-order valence-corrected chi connectivity index (χ1v) is 10.2. The van der Waals surface area contributed by atoms with Crippen molar-refractivity contribution in [2.45, 2.75) is 52.4 Å². The van der Waals surface area contributed by atoms with E-state index in [9.17, 15) is 9.59 Å². The van der Waals surface area contributed by atoms with Gasteiger partial charge < -0.3 is 10.2 Å². The van der Waals surface area contributed by atoms with Gasteiger partial charge >= 0.3 is 0 Å². The summed E-state index contributed by atoms with van der Waals surface area (Å²) < 4.78 is 0. The van der Waals surface area contributed by atoms with Gasteiger partial charge in [0, 0.05) is 30.8 Å². The highest BCUT2D eigenvalue weighted by Gasteiger charge is 2.21. The van der Waals surface area contributed by atoms with Gasteiger partial charge in [0.05, 0.1) is 0 Å². The van der Waals surface area contributed by atoms with Crippen LogP contribution >= 0.6 is 12.2 Å². The topological polar surface area (TPSA) is 73.5 Å². The molecule has 1 aromatic carbocycles. The summed E-state index contributed by atoms with van der Waals surface area (Å²) in [4.78, 5) is 25.7. The van der Waals surface area contributed by atoms with Crippen LogP contribution in [0.2, 0.25) is 0 Å². The lowest BCUT2D eigenvalue weighted by molar-refractivity contribution is -0.117. The van der Waals surface area contributed by atoms with Gasteiger partial charge in [-0.1, -0.05) is 33.1 Å². The minimum atomic E-state index is -0.269. The van der Waals surface area contributed by atoms with Gasteiger partial charge in [-0.3, -0.25) is 20.4 Å². The minimum absolute atomic E-state index is 0.134. The summed E-state index contributed by atoms with van der Waals surface area (Å²) in [6.45, 7) is 5.91. The predicted molar refractivity (Wildman–Crippen MR) is 113 cm³/mol. The third-order valence-corrected chi connectivity index (χ3v) is 4.96. The zero-order chi connectivity index (χ0) is 19.6. The number of anilines is 1. The van der Waals surface area contributed by atoms with Gasteiger partial charge in [0.15, 0.2) is 5.11 Å². The minimum Gasteiger partial charge on any atom is -0.361 e. The number of nitrogens with zero attached hydrogens (tertiary/aromatic N) is 1. The van der Waals surface area contributed by atoms with E-state index in [2.05, 4.69) is 30.0 Å². The monoisotopic (exact) mass is 390 g/mol. The van der Waals surface area contributed by atoms with Crippen molar-refractivity contribution in [1.29, 1.82) is 0 Å². The summed E-state index contributed by atoms with van der Waals surface area (Å²) in [6.07, 6.45) is 6.35. The maximum absolute atomic E-state index is 12.2. The van der Waals surface area contributed by atoms with Gasteiger partial charge in [0.2, 0.25) is 5.91 Å². The number of carbonyl (C=O) groups excluding carboxylic acids is 2. The van der Waals surface area contributed by atoms with Crippen LogP contribution in [0.25, 0.3) is 0 Å². The lowest BCUT2D eigenvalue weighted by atomic mass is 10.0. The largest absolute Gasteiger partial charge is 0.361 e. The van der Waals surface area contributed by atoms with Crippen molar-refractivity contribution in [3.8, 4) is 0 Å². The van der Waals surface area contributed by atoms with Crippen LogP contribution in [0.1, 0.15) is 62.7 Å². The Labute approximate surface area is 167 Å². The van der Waals surface area contributed by atoms with Crippen molar-refractivity contribution in [2.75, 3.05) is 18.0 Å². The van der Waals surface area contributed by atoms with E-state index in [1.807, 2.05) is 0 Å². The molecule has 0 aliphatic carbocycles. The van der Waals surface area contributed by atoms with Crippen molar-refractivity contribution in [3.05, 3.63) is 29.8 Å². The first-order valence-electron chi connectivity index (χ1n) is 9.76. The second kappa shape index (κ2) is 10.9. The summed E-state index contributed by atoms with van der Waals surface area (Å²) in [5.41, 5.74) is 6.67. The molecule has 0 unspecified atom stereocenters. The Morgan fingerprint density at radius 3 is 2.59 bits per heavy atom. The molecule has 1 saturated heterocycles. The number of nitrogens with one attached hydrogen (secondary N) is 3. The van der Waals surface area contributed by atoms with E-state index in [-0.39, 0.29) is 11.8 Å². The molecule has 1 fully saturated rings. The smallest absolute Gasteiger partial charge is 0.269 e. The Hall–Kier alpha value is -2.15. The van der Waals surface area contributed by atoms with Crippen LogP contribution in [0.5, 0.6) is 0 Å². The molecule has 2 amide bonds. The number of carbonyl (C=O) groups is 2. The predicted octanol–water partition coefficient (Wildman–Crippen LogP) is 3.14. The Morgan fingerprint density at radius 1 is 1.22 bits per heavy atom. The molecule has 1 heterocycles. The maximum Gasteiger partial charge on any atom is 0.269 e. The zero-order valence-corrected chi connectivity index (χ0v) is 17.0. The summed E-state index contributed by atoms with van der Waals surface area (Å²) in [5, 5.41) is 3.54. The summed E-state index contributed by atoms with van der Waals surface area (Å²) >= 11 is 5.20. The summed E-state index contributed by atoms with van der Waals surface area (Å²) in [5.74, 6) is 0.400. The van der Waals surface area contributed by atoms with E-state index in [0.717, 1.165) is 25.2 Å². The van der Waals surface area contributed by atoms with Crippen LogP contribution in [0.15, 0.2) is 24.3 Å². The van der Waals surface area contributed by atoms with E-state index in [4.69, 9.17) is 12.2 Å². The molecule has 0 aromatic heterocycles. The third kappa shape index (κ3) is 6.82. The molecule has 148 valence electrons. The molecule has 1 atom stereocenters.